The zero-order valence-corrected chi connectivity index (χ0v) is 12.8. The average molecular weight is 249 g/mol. The molecular formula is C15H33Cl. The van der Waals surface area contributed by atoms with Gasteiger partial charge in [-0.3, -0.25) is 0 Å². The van der Waals surface area contributed by atoms with Gasteiger partial charge in [-0.25, -0.2) is 0 Å². The van der Waals surface area contributed by atoms with Gasteiger partial charge in [0.2, 0.25) is 0 Å². The summed E-state index contributed by atoms with van der Waals surface area (Å²) in [5.41, 5.74) is 0. The largest absolute Gasteiger partial charge is 0.126 e. The Kier molecular flexibility index (Phi) is 20.6. The minimum Gasteiger partial charge on any atom is -0.126 e. The Morgan fingerprint density at radius 3 is 1.56 bits per heavy atom. The average Bonchev–Trinajstić information content (AvgIpc) is 2.32. The molecule has 0 bridgehead atoms. The normalized spacial score (nSPS) is 11.8. The van der Waals surface area contributed by atoms with Gasteiger partial charge in [-0.05, 0) is 12.3 Å². The van der Waals surface area contributed by atoms with E-state index in [1.54, 1.807) is 0 Å². The third-order valence-electron chi connectivity index (χ3n) is 2.97. The lowest BCUT2D eigenvalue weighted by Crippen LogP contribution is -1.99. The van der Waals surface area contributed by atoms with Crippen LogP contribution in [0, 0.1) is 5.92 Å². The molecule has 0 aromatic heterocycles. The molecule has 0 saturated heterocycles. The van der Waals surface area contributed by atoms with E-state index in [0.29, 0.717) is 0 Å². The number of alkyl halides is 1. The summed E-state index contributed by atoms with van der Waals surface area (Å²) in [5, 5.41) is 0. The number of unbranched alkanes of at least 4 members (excludes halogenated alkanes) is 5. The van der Waals surface area contributed by atoms with Crippen molar-refractivity contribution in [3.8, 4) is 0 Å². The molecule has 0 aliphatic rings. The molecule has 0 rings (SSSR count). The highest BCUT2D eigenvalue weighted by Crippen LogP contribution is 2.13. The maximum Gasteiger partial charge on any atom is 0.0251 e. The lowest BCUT2D eigenvalue weighted by molar-refractivity contribution is 0.497. The van der Waals surface area contributed by atoms with E-state index in [0.717, 1.165) is 11.8 Å². The van der Waals surface area contributed by atoms with Gasteiger partial charge in [0.05, 0.1) is 0 Å². The second-order valence-corrected chi connectivity index (χ2v) is 4.94. The summed E-state index contributed by atoms with van der Waals surface area (Å²) < 4.78 is 0. The Hall–Kier alpha value is 0.290. The van der Waals surface area contributed by atoms with Crippen LogP contribution in [-0.4, -0.2) is 5.88 Å². The molecule has 1 unspecified atom stereocenters. The minimum atomic E-state index is 0.770. The van der Waals surface area contributed by atoms with Crippen molar-refractivity contribution in [2.45, 2.75) is 85.5 Å². The Morgan fingerprint density at radius 2 is 1.25 bits per heavy atom. The van der Waals surface area contributed by atoms with Gasteiger partial charge in [-0.2, -0.15) is 0 Å². The van der Waals surface area contributed by atoms with Crippen LogP contribution in [0.3, 0.4) is 0 Å². The quantitative estimate of drug-likeness (QED) is 0.326. The van der Waals surface area contributed by atoms with E-state index in [1.807, 2.05) is 0 Å². The minimum absolute atomic E-state index is 0.770. The molecule has 0 fully saturated rings. The first-order chi connectivity index (χ1) is 7.76. The number of halogens is 1. The highest BCUT2D eigenvalue weighted by Gasteiger charge is 2.01. The fourth-order valence-corrected chi connectivity index (χ4v) is 1.93. The second-order valence-electron chi connectivity index (χ2n) is 4.63. The molecule has 0 aliphatic carbocycles. The number of rotatable bonds is 9. The molecule has 0 heterocycles. The molecule has 0 spiro atoms. The predicted octanol–water partition coefficient (Wildman–Crippen LogP) is 6.42. The molecule has 0 saturated carbocycles. The Labute approximate surface area is 109 Å². The molecule has 0 nitrogen and oxygen atoms in total. The third-order valence-corrected chi connectivity index (χ3v) is 3.41. The van der Waals surface area contributed by atoms with Crippen LogP contribution >= 0.6 is 11.6 Å². The standard InChI is InChI=1S/C8H17Cl.C7H16/c1-3-5-6-8(4-2)7-9;1-3-5-7-6-4-2/h8H,3-7H2,1-2H3;3-7H2,1-2H3. The Morgan fingerprint density at radius 1 is 0.750 bits per heavy atom. The highest BCUT2D eigenvalue weighted by molar-refractivity contribution is 6.18. The molecule has 0 aliphatic heterocycles. The lowest BCUT2D eigenvalue weighted by Gasteiger charge is -2.08. The first kappa shape index (κ1) is 18.6. The summed E-state index contributed by atoms with van der Waals surface area (Å²) in [5.74, 6) is 1.61. The van der Waals surface area contributed by atoms with Crippen LogP contribution in [0.15, 0.2) is 0 Å². The zero-order valence-electron chi connectivity index (χ0n) is 12.0. The number of hydrogen-bond donors (Lipinski definition) is 0. The Bertz CT molecular complexity index is 93.6. The molecule has 0 aromatic rings. The molecule has 0 N–H and O–H groups in total. The SMILES string of the molecule is CCCCC(CC)CCl.CCCCCCC. The van der Waals surface area contributed by atoms with Gasteiger partial charge in [0.1, 0.15) is 0 Å². The maximum absolute atomic E-state index is 5.70. The monoisotopic (exact) mass is 248 g/mol. The molecule has 0 radical (unpaired) electrons. The van der Waals surface area contributed by atoms with Crippen molar-refractivity contribution in [1.29, 1.82) is 0 Å². The van der Waals surface area contributed by atoms with Gasteiger partial charge in [0, 0.05) is 5.88 Å². The van der Waals surface area contributed by atoms with E-state index in [4.69, 9.17) is 11.6 Å². The van der Waals surface area contributed by atoms with Gasteiger partial charge in [0.25, 0.3) is 0 Å². The smallest absolute Gasteiger partial charge is 0.0251 e. The zero-order chi connectivity index (χ0) is 12.6. The van der Waals surface area contributed by atoms with Crippen LogP contribution in [0.2, 0.25) is 0 Å². The summed E-state index contributed by atoms with van der Waals surface area (Å²) in [7, 11) is 0. The van der Waals surface area contributed by atoms with Crippen LogP contribution in [0.1, 0.15) is 85.5 Å². The molecule has 100 valence electrons. The summed E-state index contributed by atoms with van der Waals surface area (Å²) >= 11 is 5.70. The van der Waals surface area contributed by atoms with Gasteiger partial charge in [-0.15, -0.1) is 11.6 Å². The molecule has 1 heteroatoms. The van der Waals surface area contributed by atoms with E-state index in [2.05, 4.69) is 27.7 Å². The van der Waals surface area contributed by atoms with E-state index in [1.165, 1.54) is 57.8 Å². The van der Waals surface area contributed by atoms with Crippen LogP contribution < -0.4 is 0 Å². The summed E-state index contributed by atoms with van der Waals surface area (Å²) in [6, 6.07) is 0. The van der Waals surface area contributed by atoms with Gasteiger partial charge in [0.15, 0.2) is 0 Å². The summed E-state index contributed by atoms with van der Waals surface area (Å²) in [6.07, 6.45) is 12.2. The lowest BCUT2D eigenvalue weighted by atomic mass is 10.0. The van der Waals surface area contributed by atoms with E-state index in [-0.39, 0.29) is 0 Å². The van der Waals surface area contributed by atoms with Crippen LogP contribution in [0.5, 0.6) is 0 Å². The first-order valence-corrected chi connectivity index (χ1v) is 7.85. The van der Waals surface area contributed by atoms with Gasteiger partial charge >= 0.3 is 0 Å². The van der Waals surface area contributed by atoms with Crippen molar-refractivity contribution in [1.82, 2.24) is 0 Å². The first-order valence-electron chi connectivity index (χ1n) is 7.32. The van der Waals surface area contributed by atoms with Gasteiger partial charge < -0.3 is 0 Å². The Balaban J connectivity index is 0. The molecule has 0 aromatic carbocycles. The van der Waals surface area contributed by atoms with Crippen molar-refractivity contribution >= 4 is 11.6 Å². The molecule has 1 atom stereocenters. The van der Waals surface area contributed by atoms with Crippen molar-refractivity contribution < 1.29 is 0 Å². The fraction of sp³-hybridized carbons (Fsp3) is 1.00. The third kappa shape index (κ3) is 16.7. The van der Waals surface area contributed by atoms with Crippen molar-refractivity contribution in [2.24, 2.45) is 5.92 Å². The topological polar surface area (TPSA) is 0 Å². The van der Waals surface area contributed by atoms with Crippen molar-refractivity contribution in [2.75, 3.05) is 5.88 Å². The molecule has 16 heavy (non-hydrogen) atoms. The summed E-state index contributed by atoms with van der Waals surface area (Å²) in [6.45, 7) is 8.93. The van der Waals surface area contributed by atoms with Crippen LogP contribution in [0.4, 0.5) is 0 Å². The second kappa shape index (κ2) is 17.7. The summed E-state index contributed by atoms with van der Waals surface area (Å²) in [4.78, 5) is 0. The van der Waals surface area contributed by atoms with Crippen molar-refractivity contribution in [3.05, 3.63) is 0 Å². The van der Waals surface area contributed by atoms with E-state index >= 15 is 0 Å². The fourth-order valence-electron chi connectivity index (χ4n) is 1.56. The van der Waals surface area contributed by atoms with Crippen LogP contribution in [0.25, 0.3) is 0 Å². The number of hydrogen-bond acceptors (Lipinski definition) is 0. The van der Waals surface area contributed by atoms with Gasteiger partial charge in [-0.1, -0.05) is 79.1 Å². The van der Waals surface area contributed by atoms with Crippen molar-refractivity contribution in [3.63, 3.8) is 0 Å². The maximum atomic E-state index is 5.70. The molecule has 0 amide bonds. The van der Waals surface area contributed by atoms with E-state index in [9.17, 15) is 0 Å². The van der Waals surface area contributed by atoms with E-state index < -0.39 is 0 Å². The molecular weight excluding hydrogens is 216 g/mol. The highest BCUT2D eigenvalue weighted by atomic mass is 35.5. The predicted molar refractivity (Wildman–Crippen MR) is 78.5 cm³/mol. The van der Waals surface area contributed by atoms with Crippen LogP contribution in [-0.2, 0) is 0 Å².